The number of hydrogen-bond donors (Lipinski definition) is 1. The van der Waals surface area contributed by atoms with Crippen LogP contribution in [0.2, 0.25) is 0 Å². The number of methoxy groups -OCH3 is 3. The first-order chi connectivity index (χ1) is 11.4. The molecule has 1 amide bonds. The van der Waals surface area contributed by atoms with Gasteiger partial charge >= 0.3 is 0 Å². The van der Waals surface area contributed by atoms with Crippen molar-refractivity contribution in [3.63, 3.8) is 0 Å². The summed E-state index contributed by atoms with van der Waals surface area (Å²) in [7, 11) is 4.57. The van der Waals surface area contributed by atoms with Gasteiger partial charge in [-0.3, -0.25) is 4.79 Å². The van der Waals surface area contributed by atoms with E-state index in [1.54, 1.807) is 12.1 Å². The van der Waals surface area contributed by atoms with Crippen LogP contribution < -0.4 is 19.5 Å². The highest BCUT2D eigenvalue weighted by atomic mass is 16.5. The van der Waals surface area contributed by atoms with Gasteiger partial charge in [-0.25, -0.2) is 0 Å². The van der Waals surface area contributed by atoms with E-state index in [1.807, 2.05) is 44.2 Å². The van der Waals surface area contributed by atoms with Crippen molar-refractivity contribution in [2.45, 2.75) is 19.4 Å². The molecule has 1 N–H and O–H groups in total. The van der Waals surface area contributed by atoms with Crippen LogP contribution in [0, 0.1) is 0 Å². The van der Waals surface area contributed by atoms with Crippen LogP contribution in [-0.4, -0.2) is 27.2 Å². The molecule has 0 saturated heterocycles. The fraction of sp³-hybridized carbons (Fsp3) is 0.316. The Labute approximate surface area is 142 Å². The van der Waals surface area contributed by atoms with E-state index in [0.717, 1.165) is 5.56 Å². The maximum absolute atomic E-state index is 12.7. The van der Waals surface area contributed by atoms with Crippen LogP contribution in [0.25, 0.3) is 0 Å². The van der Waals surface area contributed by atoms with E-state index in [1.165, 1.54) is 21.3 Å². The van der Waals surface area contributed by atoms with Gasteiger partial charge in [-0.05, 0) is 31.5 Å². The first kappa shape index (κ1) is 17.7. The predicted octanol–water partition coefficient (Wildman–Crippen LogP) is 3.38. The summed E-state index contributed by atoms with van der Waals surface area (Å²) in [5.41, 5.74) is 0.943. The molecule has 5 nitrogen and oxygen atoms in total. The fourth-order valence-corrected chi connectivity index (χ4v) is 2.50. The Morgan fingerprint density at radius 1 is 0.917 bits per heavy atom. The highest BCUT2D eigenvalue weighted by Crippen LogP contribution is 2.38. The Hall–Kier alpha value is -2.69. The molecular weight excluding hydrogens is 306 g/mol. The van der Waals surface area contributed by atoms with E-state index < -0.39 is 5.54 Å². The molecule has 5 heteroatoms. The lowest BCUT2D eigenvalue weighted by atomic mass is 9.94. The zero-order valence-corrected chi connectivity index (χ0v) is 14.7. The van der Waals surface area contributed by atoms with Gasteiger partial charge in [0.25, 0.3) is 5.91 Å². The summed E-state index contributed by atoms with van der Waals surface area (Å²) in [5, 5.41) is 3.04. The van der Waals surface area contributed by atoms with Crippen LogP contribution in [0.5, 0.6) is 17.2 Å². The van der Waals surface area contributed by atoms with E-state index in [9.17, 15) is 4.79 Å². The van der Waals surface area contributed by atoms with Crippen LogP contribution in [0.15, 0.2) is 42.5 Å². The maximum Gasteiger partial charge on any atom is 0.252 e. The molecule has 2 aromatic rings. The van der Waals surface area contributed by atoms with Gasteiger partial charge in [0.05, 0.1) is 26.9 Å². The molecule has 0 spiro atoms. The van der Waals surface area contributed by atoms with E-state index in [-0.39, 0.29) is 5.91 Å². The molecule has 2 rings (SSSR count). The molecular formula is C19H23NO4. The summed E-state index contributed by atoms with van der Waals surface area (Å²) in [6.45, 7) is 3.91. The third-order valence-corrected chi connectivity index (χ3v) is 3.85. The van der Waals surface area contributed by atoms with Crippen LogP contribution in [-0.2, 0) is 5.54 Å². The van der Waals surface area contributed by atoms with Crippen LogP contribution in [0.1, 0.15) is 29.8 Å². The van der Waals surface area contributed by atoms with Crippen molar-refractivity contribution in [2.75, 3.05) is 21.3 Å². The molecule has 0 radical (unpaired) electrons. The molecule has 2 aromatic carbocycles. The standard InChI is InChI=1S/C19H23NO4/c1-19(2,14-9-7-6-8-10-14)20-18(21)13-11-15(22-3)17(24-5)16(12-13)23-4/h6-12H,1-5H3,(H,20,21). The highest BCUT2D eigenvalue weighted by molar-refractivity contribution is 5.96. The van der Waals surface area contributed by atoms with Gasteiger partial charge in [0.1, 0.15) is 0 Å². The summed E-state index contributed by atoms with van der Waals surface area (Å²) < 4.78 is 15.9. The average molecular weight is 329 g/mol. The van der Waals surface area contributed by atoms with E-state index in [2.05, 4.69) is 5.32 Å². The summed E-state index contributed by atoms with van der Waals surface area (Å²) in [4.78, 5) is 12.7. The summed E-state index contributed by atoms with van der Waals surface area (Å²) in [6.07, 6.45) is 0. The molecule has 0 saturated carbocycles. The second-order valence-electron chi connectivity index (χ2n) is 5.86. The molecule has 0 heterocycles. The lowest BCUT2D eigenvalue weighted by Gasteiger charge is -2.27. The highest BCUT2D eigenvalue weighted by Gasteiger charge is 2.25. The van der Waals surface area contributed by atoms with Crippen molar-refractivity contribution in [2.24, 2.45) is 0 Å². The molecule has 0 fully saturated rings. The molecule has 0 aromatic heterocycles. The van der Waals surface area contributed by atoms with Gasteiger partial charge in [-0.1, -0.05) is 30.3 Å². The average Bonchev–Trinajstić information content (AvgIpc) is 2.60. The molecule has 0 aliphatic heterocycles. The molecule has 0 atom stereocenters. The van der Waals surface area contributed by atoms with Crippen molar-refractivity contribution in [3.05, 3.63) is 53.6 Å². The number of ether oxygens (including phenoxy) is 3. The van der Waals surface area contributed by atoms with E-state index in [0.29, 0.717) is 22.8 Å². The Bertz CT molecular complexity index is 686. The number of hydrogen-bond acceptors (Lipinski definition) is 4. The maximum atomic E-state index is 12.7. The third kappa shape index (κ3) is 3.62. The minimum absolute atomic E-state index is 0.219. The normalized spacial score (nSPS) is 10.9. The minimum Gasteiger partial charge on any atom is -0.493 e. The van der Waals surface area contributed by atoms with Crippen molar-refractivity contribution < 1.29 is 19.0 Å². The molecule has 0 aliphatic carbocycles. The quantitative estimate of drug-likeness (QED) is 0.883. The Balaban J connectivity index is 2.33. The van der Waals surface area contributed by atoms with E-state index in [4.69, 9.17) is 14.2 Å². The Morgan fingerprint density at radius 3 is 1.92 bits per heavy atom. The van der Waals surface area contributed by atoms with E-state index >= 15 is 0 Å². The fourth-order valence-electron chi connectivity index (χ4n) is 2.50. The summed E-state index contributed by atoms with van der Waals surface area (Å²) in [6, 6.07) is 13.1. The van der Waals surface area contributed by atoms with Crippen molar-refractivity contribution in [1.29, 1.82) is 0 Å². The van der Waals surface area contributed by atoms with Crippen molar-refractivity contribution in [1.82, 2.24) is 5.32 Å². The monoisotopic (exact) mass is 329 g/mol. The zero-order chi connectivity index (χ0) is 17.7. The lowest BCUT2D eigenvalue weighted by molar-refractivity contribution is 0.0911. The largest absolute Gasteiger partial charge is 0.493 e. The SMILES string of the molecule is COc1cc(C(=O)NC(C)(C)c2ccccc2)cc(OC)c1OC. The second kappa shape index (κ2) is 7.25. The first-order valence-electron chi connectivity index (χ1n) is 7.61. The number of nitrogens with one attached hydrogen (secondary N) is 1. The predicted molar refractivity (Wildman–Crippen MR) is 93.0 cm³/mol. The third-order valence-electron chi connectivity index (χ3n) is 3.85. The first-order valence-corrected chi connectivity index (χ1v) is 7.61. The van der Waals surface area contributed by atoms with Crippen LogP contribution in [0.4, 0.5) is 0 Å². The van der Waals surface area contributed by atoms with Crippen molar-refractivity contribution in [3.8, 4) is 17.2 Å². The Kier molecular flexibility index (Phi) is 5.34. The van der Waals surface area contributed by atoms with Crippen LogP contribution in [0.3, 0.4) is 0 Å². The topological polar surface area (TPSA) is 56.8 Å². The Morgan fingerprint density at radius 2 is 1.46 bits per heavy atom. The number of benzene rings is 2. The molecule has 0 unspecified atom stereocenters. The molecule has 128 valence electrons. The second-order valence-corrected chi connectivity index (χ2v) is 5.86. The van der Waals surface area contributed by atoms with Gasteiger partial charge < -0.3 is 19.5 Å². The molecule has 0 aliphatic rings. The summed E-state index contributed by atoms with van der Waals surface area (Å²) >= 11 is 0. The molecule has 0 bridgehead atoms. The van der Waals surface area contributed by atoms with Crippen molar-refractivity contribution >= 4 is 5.91 Å². The number of carbonyl (C=O) groups is 1. The van der Waals surface area contributed by atoms with Gasteiger partial charge in [0.15, 0.2) is 11.5 Å². The minimum atomic E-state index is -0.515. The smallest absolute Gasteiger partial charge is 0.252 e. The zero-order valence-electron chi connectivity index (χ0n) is 14.7. The lowest BCUT2D eigenvalue weighted by Crippen LogP contribution is -2.41. The molecule has 24 heavy (non-hydrogen) atoms. The van der Waals surface area contributed by atoms with Gasteiger partial charge in [0.2, 0.25) is 5.75 Å². The van der Waals surface area contributed by atoms with Gasteiger partial charge in [-0.2, -0.15) is 0 Å². The summed E-state index contributed by atoms with van der Waals surface area (Å²) in [5.74, 6) is 1.13. The van der Waals surface area contributed by atoms with Crippen LogP contribution >= 0.6 is 0 Å². The van der Waals surface area contributed by atoms with Gasteiger partial charge in [-0.15, -0.1) is 0 Å². The van der Waals surface area contributed by atoms with Gasteiger partial charge in [0, 0.05) is 5.56 Å². The number of carbonyl (C=O) groups excluding carboxylic acids is 1. The number of rotatable bonds is 6. The number of amides is 1.